The number of hydrogen-bond acceptors (Lipinski definition) is 3. The average molecular weight is 196 g/mol. The molecule has 0 bridgehead atoms. The van der Waals surface area contributed by atoms with E-state index in [1.165, 1.54) is 16.7 Å². The summed E-state index contributed by atoms with van der Waals surface area (Å²) < 4.78 is 1.23. The molecule has 0 atom stereocenters. The lowest BCUT2D eigenvalue weighted by molar-refractivity contribution is 0.453. The first kappa shape index (κ1) is 8.07. The van der Waals surface area contributed by atoms with Gasteiger partial charge in [0.15, 0.2) is 0 Å². The molecular weight excluding hydrogens is 192 g/mol. The van der Waals surface area contributed by atoms with E-state index in [0.29, 0.717) is 10.7 Å². The van der Waals surface area contributed by atoms with Crippen molar-refractivity contribution in [1.82, 2.24) is 9.38 Å². The monoisotopic (exact) mass is 195 g/mol. The molecule has 0 amide bonds. The van der Waals surface area contributed by atoms with Gasteiger partial charge < -0.3 is 5.11 Å². The zero-order valence-corrected chi connectivity index (χ0v) is 7.12. The molecule has 1 N–H and O–H groups in total. The van der Waals surface area contributed by atoms with Crippen LogP contribution in [0.25, 0.3) is 5.65 Å². The smallest absolute Gasteiger partial charge is 0.261 e. The number of rotatable bonds is 0. The molecule has 0 saturated heterocycles. The van der Waals surface area contributed by atoms with Crippen molar-refractivity contribution >= 4 is 17.2 Å². The molecule has 13 heavy (non-hydrogen) atoms. The van der Waals surface area contributed by atoms with Gasteiger partial charge >= 0.3 is 0 Å². The molecule has 1 radical (unpaired) electrons. The van der Waals surface area contributed by atoms with Crippen LogP contribution in [0.2, 0.25) is 5.02 Å². The molecule has 5 heteroatoms. The maximum atomic E-state index is 11.2. The largest absolute Gasteiger partial charge is 0.493 e. The molecule has 2 aromatic heterocycles. The minimum atomic E-state index is -0.376. The Bertz CT molecular complexity index is 521. The summed E-state index contributed by atoms with van der Waals surface area (Å²) in [5, 5.41) is 9.33. The van der Waals surface area contributed by atoms with E-state index < -0.39 is 0 Å². The van der Waals surface area contributed by atoms with Crippen LogP contribution in [-0.4, -0.2) is 14.5 Å². The maximum absolute atomic E-state index is 11.2. The zero-order chi connectivity index (χ0) is 9.42. The summed E-state index contributed by atoms with van der Waals surface area (Å²) >= 11 is 5.62. The van der Waals surface area contributed by atoms with Crippen LogP contribution >= 0.6 is 11.6 Å². The van der Waals surface area contributed by atoms with Crippen LogP contribution in [0.3, 0.4) is 0 Å². The topological polar surface area (TPSA) is 54.6 Å². The highest BCUT2D eigenvalue weighted by atomic mass is 35.5. The second kappa shape index (κ2) is 2.74. The SMILES string of the molecule is O=c1cc(O)nc2c[c]c(Cl)cn12. The molecular formula is C8H4ClN2O2. The van der Waals surface area contributed by atoms with E-state index >= 15 is 0 Å². The fraction of sp³-hybridized carbons (Fsp3) is 0. The summed E-state index contributed by atoms with van der Waals surface area (Å²) in [7, 11) is 0. The fourth-order valence-corrected chi connectivity index (χ4v) is 1.16. The Morgan fingerprint density at radius 1 is 1.62 bits per heavy atom. The van der Waals surface area contributed by atoms with E-state index in [2.05, 4.69) is 11.1 Å². The highest BCUT2D eigenvalue weighted by Gasteiger charge is 2.00. The second-order valence-corrected chi connectivity index (χ2v) is 2.85. The van der Waals surface area contributed by atoms with Gasteiger partial charge in [-0.1, -0.05) is 11.6 Å². The zero-order valence-electron chi connectivity index (χ0n) is 6.36. The van der Waals surface area contributed by atoms with Crippen LogP contribution in [0.1, 0.15) is 0 Å². The number of halogens is 1. The van der Waals surface area contributed by atoms with Crippen LogP contribution < -0.4 is 5.56 Å². The number of pyridine rings is 1. The highest BCUT2D eigenvalue weighted by Crippen LogP contribution is 2.08. The van der Waals surface area contributed by atoms with Gasteiger partial charge in [-0.3, -0.25) is 9.20 Å². The van der Waals surface area contributed by atoms with Gasteiger partial charge in [0.05, 0.1) is 11.1 Å². The lowest BCUT2D eigenvalue weighted by Gasteiger charge is -1.99. The van der Waals surface area contributed by atoms with Gasteiger partial charge in [-0.05, 0) is 6.07 Å². The predicted molar refractivity (Wildman–Crippen MR) is 47.0 cm³/mol. The summed E-state index contributed by atoms with van der Waals surface area (Å²) in [4.78, 5) is 14.9. The summed E-state index contributed by atoms with van der Waals surface area (Å²) in [6.45, 7) is 0. The first-order valence-electron chi connectivity index (χ1n) is 3.46. The fourth-order valence-electron chi connectivity index (χ4n) is 1.01. The van der Waals surface area contributed by atoms with Crippen molar-refractivity contribution in [3.05, 3.63) is 39.8 Å². The third-order valence-corrected chi connectivity index (χ3v) is 1.75. The molecule has 2 heterocycles. The highest BCUT2D eigenvalue weighted by molar-refractivity contribution is 6.30. The maximum Gasteiger partial charge on any atom is 0.261 e. The Labute approximate surface area is 78.0 Å². The number of aromatic hydroxyl groups is 1. The molecule has 0 aliphatic heterocycles. The van der Waals surface area contributed by atoms with Crippen LogP contribution in [0.5, 0.6) is 5.88 Å². The van der Waals surface area contributed by atoms with E-state index in [1.54, 1.807) is 0 Å². The van der Waals surface area contributed by atoms with Crippen LogP contribution in [-0.2, 0) is 0 Å². The third kappa shape index (κ3) is 1.36. The van der Waals surface area contributed by atoms with Gasteiger partial charge in [-0.25, -0.2) is 0 Å². The molecule has 2 aromatic rings. The molecule has 0 aliphatic carbocycles. The number of hydrogen-bond donors (Lipinski definition) is 1. The van der Waals surface area contributed by atoms with E-state index in [0.717, 1.165) is 6.07 Å². The van der Waals surface area contributed by atoms with Crippen molar-refractivity contribution in [2.24, 2.45) is 0 Å². The third-order valence-electron chi connectivity index (χ3n) is 1.55. The van der Waals surface area contributed by atoms with Crippen LogP contribution in [0.15, 0.2) is 23.1 Å². The molecule has 0 fully saturated rings. The second-order valence-electron chi connectivity index (χ2n) is 2.45. The van der Waals surface area contributed by atoms with Crippen LogP contribution in [0.4, 0.5) is 0 Å². The first-order chi connectivity index (χ1) is 6.16. The quantitative estimate of drug-likeness (QED) is 0.678. The summed E-state index contributed by atoms with van der Waals surface area (Å²) in [6, 6.07) is 5.11. The van der Waals surface area contributed by atoms with E-state index in [4.69, 9.17) is 16.7 Å². The van der Waals surface area contributed by atoms with Crippen molar-refractivity contribution < 1.29 is 5.11 Å². The van der Waals surface area contributed by atoms with Crippen molar-refractivity contribution in [2.75, 3.05) is 0 Å². The van der Waals surface area contributed by atoms with Crippen molar-refractivity contribution in [3.63, 3.8) is 0 Å². The van der Waals surface area contributed by atoms with E-state index in [9.17, 15) is 4.79 Å². The lowest BCUT2D eigenvalue weighted by atomic mass is 10.4. The predicted octanol–water partition coefficient (Wildman–Crippen LogP) is 0.854. The molecule has 65 valence electrons. The molecule has 0 spiro atoms. The Morgan fingerprint density at radius 3 is 3.15 bits per heavy atom. The molecule has 0 unspecified atom stereocenters. The summed E-state index contributed by atoms with van der Waals surface area (Å²) in [5.41, 5.74) is -0.0622. The Morgan fingerprint density at radius 2 is 2.38 bits per heavy atom. The number of aromatic nitrogens is 2. The van der Waals surface area contributed by atoms with E-state index in [-0.39, 0.29) is 11.4 Å². The standard InChI is InChI=1S/C8H4ClN2O2/c9-5-1-2-6-10-7(12)3-8(13)11(6)4-5/h2-4,12H. The average Bonchev–Trinajstić information content (AvgIpc) is 2.06. The molecule has 2 rings (SSSR count). The lowest BCUT2D eigenvalue weighted by Crippen LogP contribution is -2.12. The Hall–Kier alpha value is -1.55. The molecule has 0 aliphatic rings. The van der Waals surface area contributed by atoms with Gasteiger partial charge in [-0.2, -0.15) is 4.98 Å². The van der Waals surface area contributed by atoms with Gasteiger partial charge in [0.25, 0.3) is 5.56 Å². The first-order valence-corrected chi connectivity index (χ1v) is 3.84. The summed E-state index contributed by atoms with van der Waals surface area (Å²) in [6.07, 6.45) is 1.39. The Kier molecular flexibility index (Phi) is 1.70. The summed E-state index contributed by atoms with van der Waals surface area (Å²) in [5.74, 6) is -0.305. The van der Waals surface area contributed by atoms with Gasteiger partial charge in [0.1, 0.15) is 5.65 Å². The van der Waals surface area contributed by atoms with Gasteiger partial charge in [0.2, 0.25) is 5.88 Å². The van der Waals surface area contributed by atoms with Crippen molar-refractivity contribution in [2.45, 2.75) is 0 Å². The molecule has 4 nitrogen and oxygen atoms in total. The number of fused-ring (bicyclic) bond motifs is 1. The van der Waals surface area contributed by atoms with Crippen LogP contribution in [0, 0.1) is 6.07 Å². The minimum Gasteiger partial charge on any atom is -0.493 e. The van der Waals surface area contributed by atoms with Gasteiger partial charge in [0, 0.05) is 12.3 Å². The van der Waals surface area contributed by atoms with Crippen molar-refractivity contribution in [3.8, 4) is 5.88 Å². The molecule has 0 saturated carbocycles. The van der Waals surface area contributed by atoms with E-state index in [1.807, 2.05) is 0 Å². The van der Waals surface area contributed by atoms with Crippen molar-refractivity contribution in [1.29, 1.82) is 0 Å². The normalized spacial score (nSPS) is 10.5. The van der Waals surface area contributed by atoms with Gasteiger partial charge in [-0.15, -0.1) is 0 Å². The Balaban J connectivity index is 2.95. The minimum absolute atomic E-state index is 0.305. The number of nitrogens with zero attached hydrogens (tertiary/aromatic N) is 2. The molecule has 0 aromatic carbocycles.